The molecule has 1 aliphatic carbocycles. The van der Waals surface area contributed by atoms with Crippen LogP contribution in [0.25, 0.3) is 0 Å². The number of fused-ring (bicyclic) bond motifs is 3. The van der Waals surface area contributed by atoms with E-state index in [1.54, 1.807) is 0 Å². The lowest BCUT2D eigenvalue weighted by molar-refractivity contribution is -0.132. The summed E-state index contributed by atoms with van der Waals surface area (Å²) in [4.78, 5) is 17.3. The first kappa shape index (κ1) is 17.4. The van der Waals surface area contributed by atoms with Crippen LogP contribution in [0.4, 0.5) is 0 Å². The molecule has 1 unspecified atom stereocenters. The summed E-state index contributed by atoms with van der Waals surface area (Å²) in [7, 11) is 0. The van der Waals surface area contributed by atoms with E-state index in [4.69, 9.17) is 9.47 Å². The fourth-order valence-corrected chi connectivity index (χ4v) is 5.63. The van der Waals surface area contributed by atoms with Crippen LogP contribution >= 0.6 is 0 Å². The highest BCUT2D eigenvalue weighted by molar-refractivity contribution is 5.78. The Bertz CT molecular complexity index is 735. The Morgan fingerprint density at radius 2 is 1.74 bits per heavy atom. The Kier molecular flexibility index (Phi) is 4.30. The van der Waals surface area contributed by atoms with Crippen LogP contribution in [0.5, 0.6) is 11.5 Å². The summed E-state index contributed by atoms with van der Waals surface area (Å²) in [5.41, 5.74) is 2.95. The van der Waals surface area contributed by atoms with Crippen molar-refractivity contribution in [1.29, 1.82) is 0 Å². The zero-order valence-electron chi connectivity index (χ0n) is 16.3. The van der Waals surface area contributed by atoms with Crippen LogP contribution in [0.1, 0.15) is 62.6 Å². The standard InChI is InChI=1S/C22H30N2O3/c1-16-17-12-19-20(27-11-10-26-19)13-18(17)22(6-2-3-7-22)15-24(16)14-21(25)23-8-4-5-9-23/h12-13,16H,2-11,14-15H2,1H3. The lowest BCUT2D eigenvalue weighted by Gasteiger charge is -2.46. The molecule has 1 amide bonds. The number of likely N-dealkylation sites (tertiary alicyclic amines) is 1. The zero-order chi connectivity index (χ0) is 18.4. The molecule has 27 heavy (non-hydrogen) atoms. The minimum atomic E-state index is 0.170. The van der Waals surface area contributed by atoms with Crippen LogP contribution in [0.3, 0.4) is 0 Å². The van der Waals surface area contributed by atoms with E-state index in [9.17, 15) is 4.79 Å². The van der Waals surface area contributed by atoms with Gasteiger partial charge in [-0.2, -0.15) is 0 Å². The summed E-state index contributed by atoms with van der Waals surface area (Å²) in [5, 5.41) is 0. The highest BCUT2D eigenvalue weighted by Crippen LogP contribution is 2.51. The highest BCUT2D eigenvalue weighted by Gasteiger charge is 2.45. The lowest BCUT2D eigenvalue weighted by atomic mass is 9.71. The van der Waals surface area contributed by atoms with Crippen LogP contribution in [0, 0.1) is 0 Å². The van der Waals surface area contributed by atoms with E-state index in [1.807, 2.05) is 4.90 Å². The van der Waals surface area contributed by atoms with Gasteiger partial charge >= 0.3 is 0 Å². The van der Waals surface area contributed by atoms with Gasteiger partial charge in [0.1, 0.15) is 13.2 Å². The maximum Gasteiger partial charge on any atom is 0.236 e. The van der Waals surface area contributed by atoms with Crippen molar-refractivity contribution in [3.05, 3.63) is 23.3 Å². The summed E-state index contributed by atoms with van der Waals surface area (Å²) < 4.78 is 11.8. The second-order valence-electron chi connectivity index (χ2n) is 8.74. The molecule has 146 valence electrons. The van der Waals surface area contributed by atoms with Crippen LogP contribution in [-0.2, 0) is 10.2 Å². The Labute approximate surface area is 161 Å². The van der Waals surface area contributed by atoms with Gasteiger partial charge in [-0.15, -0.1) is 0 Å². The molecule has 0 N–H and O–H groups in total. The van der Waals surface area contributed by atoms with E-state index in [1.165, 1.54) is 36.8 Å². The van der Waals surface area contributed by atoms with Crippen molar-refractivity contribution in [2.24, 2.45) is 0 Å². The molecule has 3 heterocycles. The normalized spacial score (nSPS) is 26.4. The van der Waals surface area contributed by atoms with E-state index in [2.05, 4.69) is 24.0 Å². The SMILES string of the molecule is CC1c2cc3c(cc2C2(CCCC2)CN1CC(=O)N1CCCC1)OCCO3. The van der Waals surface area contributed by atoms with Gasteiger partial charge < -0.3 is 14.4 Å². The Morgan fingerprint density at radius 3 is 2.44 bits per heavy atom. The molecule has 1 aromatic rings. The molecular weight excluding hydrogens is 340 g/mol. The maximum absolute atomic E-state index is 12.8. The fraction of sp³-hybridized carbons (Fsp3) is 0.682. The second kappa shape index (κ2) is 6.69. The van der Waals surface area contributed by atoms with Gasteiger partial charge in [0.25, 0.3) is 0 Å². The van der Waals surface area contributed by atoms with Crippen molar-refractivity contribution in [2.45, 2.75) is 56.9 Å². The van der Waals surface area contributed by atoms with Gasteiger partial charge in [-0.05, 0) is 55.9 Å². The number of ether oxygens (including phenoxy) is 2. The van der Waals surface area contributed by atoms with Gasteiger partial charge in [0.05, 0.1) is 6.54 Å². The molecule has 1 spiro atoms. The van der Waals surface area contributed by atoms with Crippen molar-refractivity contribution in [3.63, 3.8) is 0 Å². The van der Waals surface area contributed by atoms with E-state index < -0.39 is 0 Å². The summed E-state index contributed by atoms with van der Waals surface area (Å²) in [6, 6.07) is 4.68. The first-order chi connectivity index (χ1) is 13.2. The van der Waals surface area contributed by atoms with Crippen LogP contribution in [0.2, 0.25) is 0 Å². The molecule has 1 aromatic carbocycles. The summed E-state index contributed by atoms with van der Waals surface area (Å²) in [6.07, 6.45) is 7.27. The van der Waals surface area contributed by atoms with Crippen molar-refractivity contribution < 1.29 is 14.3 Å². The maximum atomic E-state index is 12.8. The second-order valence-corrected chi connectivity index (χ2v) is 8.74. The molecule has 5 heteroatoms. The van der Waals surface area contributed by atoms with Crippen LogP contribution in [0.15, 0.2) is 12.1 Å². The predicted octanol–water partition coefficient (Wildman–Crippen LogP) is 3.27. The van der Waals surface area contributed by atoms with E-state index in [-0.39, 0.29) is 11.5 Å². The van der Waals surface area contributed by atoms with Crippen molar-refractivity contribution in [1.82, 2.24) is 9.80 Å². The monoisotopic (exact) mass is 370 g/mol. The van der Waals surface area contributed by atoms with E-state index in [0.717, 1.165) is 44.0 Å². The molecule has 4 aliphatic rings. The smallest absolute Gasteiger partial charge is 0.236 e. The van der Waals surface area contributed by atoms with Gasteiger partial charge in [-0.3, -0.25) is 9.69 Å². The molecular formula is C22H30N2O3. The first-order valence-electron chi connectivity index (χ1n) is 10.6. The average Bonchev–Trinajstić information content (AvgIpc) is 3.38. The minimum absolute atomic E-state index is 0.170. The Hall–Kier alpha value is -1.75. The third-order valence-electron chi connectivity index (χ3n) is 7.15. The molecule has 1 atom stereocenters. The quantitative estimate of drug-likeness (QED) is 0.801. The topological polar surface area (TPSA) is 42.0 Å². The third-order valence-corrected chi connectivity index (χ3v) is 7.15. The minimum Gasteiger partial charge on any atom is -0.486 e. The highest BCUT2D eigenvalue weighted by atomic mass is 16.6. The first-order valence-corrected chi connectivity index (χ1v) is 10.6. The number of hydrogen-bond acceptors (Lipinski definition) is 4. The zero-order valence-corrected chi connectivity index (χ0v) is 16.3. The largest absolute Gasteiger partial charge is 0.486 e. The number of hydrogen-bond donors (Lipinski definition) is 0. The van der Waals surface area contributed by atoms with Crippen molar-refractivity contribution in [3.8, 4) is 11.5 Å². The van der Waals surface area contributed by atoms with E-state index in [0.29, 0.717) is 25.7 Å². The van der Waals surface area contributed by atoms with Crippen molar-refractivity contribution in [2.75, 3.05) is 39.4 Å². The third kappa shape index (κ3) is 2.91. The molecule has 1 saturated heterocycles. The van der Waals surface area contributed by atoms with Gasteiger partial charge in [0.15, 0.2) is 11.5 Å². The number of carbonyl (C=O) groups excluding carboxylic acids is 1. The number of amides is 1. The number of benzene rings is 1. The molecule has 2 fully saturated rings. The van der Waals surface area contributed by atoms with Gasteiger partial charge in [0.2, 0.25) is 5.91 Å². The summed E-state index contributed by atoms with van der Waals surface area (Å²) in [5.74, 6) is 2.07. The summed E-state index contributed by atoms with van der Waals surface area (Å²) in [6.45, 7) is 6.88. The van der Waals surface area contributed by atoms with Gasteiger partial charge in [-0.25, -0.2) is 0 Å². The molecule has 1 saturated carbocycles. The predicted molar refractivity (Wildman–Crippen MR) is 103 cm³/mol. The molecule has 5 nitrogen and oxygen atoms in total. The number of carbonyl (C=O) groups is 1. The lowest BCUT2D eigenvalue weighted by Crippen LogP contribution is -2.49. The molecule has 5 rings (SSSR count). The number of rotatable bonds is 2. The van der Waals surface area contributed by atoms with Gasteiger partial charge in [-0.1, -0.05) is 12.8 Å². The molecule has 0 radical (unpaired) electrons. The molecule has 0 aromatic heterocycles. The van der Waals surface area contributed by atoms with Gasteiger partial charge in [0, 0.05) is 31.1 Å². The van der Waals surface area contributed by atoms with E-state index >= 15 is 0 Å². The number of nitrogens with zero attached hydrogens (tertiary/aromatic N) is 2. The Morgan fingerprint density at radius 1 is 1.07 bits per heavy atom. The van der Waals surface area contributed by atoms with Crippen LogP contribution < -0.4 is 9.47 Å². The molecule has 0 bridgehead atoms. The fourth-order valence-electron chi connectivity index (χ4n) is 5.63. The van der Waals surface area contributed by atoms with Crippen LogP contribution in [-0.4, -0.2) is 55.1 Å². The average molecular weight is 370 g/mol. The van der Waals surface area contributed by atoms with Crippen molar-refractivity contribution >= 4 is 5.91 Å². The summed E-state index contributed by atoms with van der Waals surface area (Å²) >= 11 is 0. The Balaban J connectivity index is 1.49. The molecule has 3 aliphatic heterocycles.